The summed E-state index contributed by atoms with van der Waals surface area (Å²) < 4.78 is 7.71. The lowest BCUT2D eigenvalue weighted by atomic mass is 9.96. The second kappa shape index (κ2) is 7.25. The van der Waals surface area contributed by atoms with Gasteiger partial charge >= 0.3 is 0 Å². The van der Waals surface area contributed by atoms with E-state index in [-0.39, 0.29) is 0 Å². The monoisotopic (exact) mass is 364 g/mol. The van der Waals surface area contributed by atoms with Crippen LogP contribution in [0, 0.1) is 0 Å². The number of nitrogens with one attached hydrogen (secondary N) is 1. The molecular formula is C20H24N6O. The van der Waals surface area contributed by atoms with Crippen LogP contribution in [0.25, 0.3) is 11.4 Å². The Hall–Kier alpha value is -2.51. The number of hydrogen-bond donors (Lipinski definition) is 1. The zero-order valence-electron chi connectivity index (χ0n) is 15.3. The summed E-state index contributed by atoms with van der Waals surface area (Å²) in [5.41, 5.74) is 3.48. The van der Waals surface area contributed by atoms with Crippen LogP contribution in [-0.4, -0.2) is 44.5 Å². The molecule has 0 amide bonds. The summed E-state index contributed by atoms with van der Waals surface area (Å²) in [5.74, 6) is 1.81. The van der Waals surface area contributed by atoms with E-state index in [0.29, 0.717) is 11.7 Å². The van der Waals surface area contributed by atoms with Crippen LogP contribution in [0.3, 0.4) is 0 Å². The summed E-state index contributed by atoms with van der Waals surface area (Å²) in [6.45, 7) is 5.90. The van der Waals surface area contributed by atoms with Crippen LogP contribution in [0.4, 0.5) is 0 Å². The highest BCUT2D eigenvalue weighted by Gasteiger charge is 2.26. The van der Waals surface area contributed by atoms with Gasteiger partial charge in [0.25, 0.3) is 0 Å². The second-order valence-electron chi connectivity index (χ2n) is 7.40. The van der Waals surface area contributed by atoms with Gasteiger partial charge in [0.15, 0.2) is 0 Å². The van der Waals surface area contributed by atoms with Crippen molar-refractivity contribution in [3.63, 3.8) is 0 Å². The maximum absolute atomic E-state index is 5.56. The molecule has 0 radical (unpaired) electrons. The van der Waals surface area contributed by atoms with Gasteiger partial charge in [0, 0.05) is 31.1 Å². The minimum atomic E-state index is 0.352. The van der Waals surface area contributed by atoms with Crippen LogP contribution in [0.1, 0.15) is 36.0 Å². The molecule has 7 nitrogen and oxygen atoms in total. The number of likely N-dealkylation sites (tertiary alicyclic amines) is 1. The highest BCUT2D eigenvalue weighted by Crippen LogP contribution is 2.29. The number of benzene rings is 1. The fraction of sp³-hybridized carbons (Fsp3) is 0.450. The summed E-state index contributed by atoms with van der Waals surface area (Å²) in [7, 11) is 0. The molecule has 2 aliphatic rings. The van der Waals surface area contributed by atoms with Gasteiger partial charge in [-0.15, -0.1) is 0 Å². The summed E-state index contributed by atoms with van der Waals surface area (Å²) in [4.78, 5) is 7.12. The number of aromatic nitrogens is 4. The summed E-state index contributed by atoms with van der Waals surface area (Å²) in [6, 6.07) is 12.2. The van der Waals surface area contributed by atoms with E-state index < -0.39 is 0 Å². The first kappa shape index (κ1) is 16.6. The molecule has 0 spiro atoms. The van der Waals surface area contributed by atoms with Crippen LogP contribution in [-0.2, 0) is 19.6 Å². The van der Waals surface area contributed by atoms with E-state index in [2.05, 4.69) is 31.1 Å². The molecule has 1 N–H and O–H groups in total. The molecule has 0 unspecified atom stereocenters. The molecule has 0 saturated carbocycles. The number of rotatable bonds is 4. The van der Waals surface area contributed by atoms with Crippen molar-refractivity contribution in [2.45, 2.75) is 38.4 Å². The maximum Gasteiger partial charge on any atom is 0.230 e. The Bertz CT molecular complexity index is 871. The smallest absolute Gasteiger partial charge is 0.230 e. The predicted octanol–water partition coefficient (Wildman–Crippen LogP) is 2.42. The highest BCUT2D eigenvalue weighted by atomic mass is 16.5. The Labute approximate surface area is 158 Å². The molecule has 0 aliphatic carbocycles. The maximum atomic E-state index is 5.56. The average Bonchev–Trinajstić information content (AvgIpc) is 3.36. The quantitative estimate of drug-likeness (QED) is 0.767. The van der Waals surface area contributed by atoms with Crippen LogP contribution in [0.15, 0.2) is 40.9 Å². The van der Waals surface area contributed by atoms with Gasteiger partial charge < -0.3 is 9.84 Å². The molecule has 0 atom stereocenters. The van der Waals surface area contributed by atoms with Crippen molar-refractivity contribution in [3.05, 3.63) is 53.7 Å². The Balaban J connectivity index is 1.19. The van der Waals surface area contributed by atoms with Crippen molar-refractivity contribution in [1.82, 2.24) is 30.1 Å². The van der Waals surface area contributed by atoms with Gasteiger partial charge in [0.2, 0.25) is 11.7 Å². The van der Waals surface area contributed by atoms with Crippen molar-refractivity contribution in [1.29, 1.82) is 0 Å². The topological polar surface area (TPSA) is 72.0 Å². The van der Waals surface area contributed by atoms with Crippen LogP contribution in [0.5, 0.6) is 0 Å². The first-order chi connectivity index (χ1) is 13.3. The van der Waals surface area contributed by atoms with Gasteiger partial charge in [-0.3, -0.25) is 9.58 Å². The largest absolute Gasteiger partial charge is 0.339 e. The molecule has 27 heavy (non-hydrogen) atoms. The molecule has 2 aliphatic heterocycles. The van der Waals surface area contributed by atoms with E-state index in [1.165, 1.54) is 11.4 Å². The SMILES string of the molecule is c1ccc(-c2noc(C3CCN(Cc4cc5n(n4)CCNC5)CC3)n2)cc1. The average molecular weight is 364 g/mol. The first-order valence-corrected chi connectivity index (χ1v) is 9.73. The van der Waals surface area contributed by atoms with E-state index in [0.717, 1.165) is 63.6 Å². The zero-order chi connectivity index (χ0) is 18.1. The molecule has 7 heteroatoms. The Morgan fingerprint density at radius 3 is 2.78 bits per heavy atom. The molecule has 1 aromatic carbocycles. The lowest BCUT2D eigenvalue weighted by Gasteiger charge is -2.29. The number of nitrogens with zero attached hydrogens (tertiary/aromatic N) is 5. The van der Waals surface area contributed by atoms with Gasteiger partial charge in [-0.1, -0.05) is 35.5 Å². The predicted molar refractivity (Wildman–Crippen MR) is 101 cm³/mol. The Morgan fingerprint density at radius 2 is 1.96 bits per heavy atom. The lowest BCUT2D eigenvalue weighted by molar-refractivity contribution is 0.185. The van der Waals surface area contributed by atoms with Crippen LogP contribution in [0.2, 0.25) is 0 Å². The molecule has 140 valence electrons. The molecule has 3 aromatic rings. The van der Waals surface area contributed by atoms with Crippen molar-refractivity contribution >= 4 is 0 Å². The van der Waals surface area contributed by atoms with E-state index in [4.69, 9.17) is 9.62 Å². The van der Waals surface area contributed by atoms with Crippen molar-refractivity contribution in [2.24, 2.45) is 0 Å². The van der Waals surface area contributed by atoms with E-state index >= 15 is 0 Å². The highest BCUT2D eigenvalue weighted by molar-refractivity contribution is 5.53. The third-order valence-electron chi connectivity index (χ3n) is 5.52. The minimum Gasteiger partial charge on any atom is -0.339 e. The Morgan fingerprint density at radius 1 is 1.11 bits per heavy atom. The summed E-state index contributed by atoms with van der Waals surface area (Å²) in [5, 5.41) is 12.3. The second-order valence-corrected chi connectivity index (χ2v) is 7.40. The molecule has 2 aromatic heterocycles. The van der Waals surface area contributed by atoms with E-state index in [1.807, 2.05) is 30.3 Å². The third-order valence-corrected chi connectivity index (χ3v) is 5.52. The van der Waals surface area contributed by atoms with Gasteiger partial charge in [0.1, 0.15) is 0 Å². The van der Waals surface area contributed by atoms with Gasteiger partial charge in [-0.25, -0.2) is 0 Å². The third kappa shape index (κ3) is 3.52. The summed E-state index contributed by atoms with van der Waals surface area (Å²) >= 11 is 0. The zero-order valence-corrected chi connectivity index (χ0v) is 15.3. The van der Waals surface area contributed by atoms with Crippen LogP contribution < -0.4 is 5.32 Å². The number of piperidine rings is 1. The molecule has 4 heterocycles. The van der Waals surface area contributed by atoms with Gasteiger partial charge in [0.05, 0.1) is 17.9 Å². The molecule has 5 rings (SSSR count). The van der Waals surface area contributed by atoms with Crippen molar-refractivity contribution in [3.8, 4) is 11.4 Å². The fourth-order valence-corrected chi connectivity index (χ4v) is 4.00. The standard InChI is InChI=1S/C20H24N6O/c1-2-4-15(5-3-1)19-22-20(27-24-19)16-6-9-25(10-7-16)14-17-12-18-13-21-8-11-26(18)23-17/h1-5,12,16,21H,6-11,13-14H2. The van der Waals surface area contributed by atoms with Crippen LogP contribution >= 0.6 is 0 Å². The fourth-order valence-electron chi connectivity index (χ4n) is 4.00. The van der Waals surface area contributed by atoms with Crippen molar-refractivity contribution < 1.29 is 4.52 Å². The normalized spacial score (nSPS) is 18.5. The Kier molecular flexibility index (Phi) is 4.47. The van der Waals surface area contributed by atoms with Gasteiger partial charge in [-0.05, 0) is 32.0 Å². The molecular weight excluding hydrogens is 340 g/mol. The van der Waals surface area contributed by atoms with Gasteiger partial charge in [-0.2, -0.15) is 10.1 Å². The lowest BCUT2D eigenvalue weighted by Crippen LogP contribution is -2.32. The van der Waals surface area contributed by atoms with Crippen molar-refractivity contribution in [2.75, 3.05) is 19.6 Å². The minimum absolute atomic E-state index is 0.352. The summed E-state index contributed by atoms with van der Waals surface area (Å²) in [6.07, 6.45) is 2.09. The number of hydrogen-bond acceptors (Lipinski definition) is 6. The molecule has 1 saturated heterocycles. The first-order valence-electron chi connectivity index (χ1n) is 9.73. The number of fused-ring (bicyclic) bond motifs is 1. The van der Waals surface area contributed by atoms with E-state index in [1.54, 1.807) is 0 Å². The molecule has 1 fully saturated rings. The van der Waals surface area contributed by atoms with E-state index in [9.17, 15) is 0 Å². The molecule has 0 bridgehead atoms.